The first-order valence-electron chi connectivity index (χ1n) is 20.0. The van der Waals surface area contributed by atoms with E-state index in [1.165, 1.54) is 55.4 Å². The molecule has 55 heavy (non-hydrogen) atoms. The van der Waals surface area contributed by atoms with Crippen LogP contribution >= 0.6 is 0 Å². The van der Waals surface area contributed by atoms with Crippen molar-refractivity contribution in [2.24, 2.45) is 11.3 Å². The van der Waals surface area contributed by atoms with Crippen LogP contribution in [-0.2, 0) is 10.8 Å². The Hall–Kier alpha value is -5.34. The van der Waals surface area contributed by atoms with Gasteiger partial charge < -0.3 is 9.32 Å². The van der Waals surface area contributed by atoms with Crippen molar-refractivity contribution >= 4 is 44.1 Å². The molecule has 0 saturated heterocycles. The van der Waals surface area contributed by atoms with Crippen molar-refractivity contribution in [3.05, 3.63) is 156 Å². The fraction of sp³-hybridized carbons (Fsp3) is 0.283. The molecule has 0 spiro atoms. The van der Waals surface area contributed by atoms with Crippen LogP contribution in [0.25, 0.3) is 55.0 Å². The quantitative estimate of drug-likeness (QED) is 0.176. The average molecular weight is 722 g/mol. The van der Waals surface area contributed by atoms with Crippen molar-refractivity contribution in [3.63, 3.8) is 0 Å². The second-order valence-electron chi connectivity index (χ2n) is 18.8. The number of rotatable bonds is 5. The smallest absolute Gasteiger partial charge is 0.135 e. The van der Waals surface area contributed by atoms with E-state index in [-0.39, 0.29) is 28.2 Å². The summed E-state index contributed by atoms with van der Waals surface area (Å²) >= 11 is 0. The van der Waals surface area contributed by atoms with E-state index in [9.17, 15) is 0 Å². The standard InChI is InChI=1S/C53H55NO/c1-34-29-37(51(2,3)4)25-27-46(34)54(40-26-28-49-45(33-40)43-20-12-14-24-48(43)55-49)47-23-13-11-19-42(47)44-22-16-18-35-17-15-21-41(50(35)44)36-30-38(52(5,6)7)32-39(31-36)53(8,9)10/h11-34,46H,1-10H3. The summed E-state index contributed by atoms with van der Waals surface area (Å²) in [7, 11) is 0. The van der Waals surface area contributed by atoms with Gasteiger partial charge in [-0.15, -0.1) is 0 Å². The topological polar surface area (TPSA) is 16.4 Å². The van der Waals surface area contributed by atoms with Crippen LogP contribution in [0.2, 0.25) is 0 Å². The minimum atomic E-state index is 0.0173. The number of fused-ring (bicyclic) bond motifs is 4. The van der Waals surface area contributed by atoms with Crippen LogP contribution < -0.4 is 4.90 Å². The van der Waals surface area contributed by atoms with Crippen LogP contribution in [0.5, 0.6) is 0 Å². The molecule has 2 heteroatoms. The van der Waals surface area contributed by atoms with E-state index in [2.05, 4.69) is 208 Å². The van der Waals surface area contributed by atoms with Gasteiger partial charge in [0.1, 0.15) is 11.2 Å². The second-order valence-corrected chi connectivity index (χ2v) is 18.8. The lowest BCUT2D eigenvalue weighted by atomic mass is 9.78. The van der Waals surface area contributed by atoms with Crippen LogP contribution in [0.15, 0.2) is 150 Å². The Morgan fingerprint density at radius 1 is 0.545 bits per heavy atom. The number of hydrogen-bond acceptors (Lipinski definition) is 2. The first kappa shape index (κ1) is 36.6. The van der Waals surface area contributed by atoms with E-state index in [4.69, 9.17) is 4.42 Å². The molecule has 0 radical (unpaired) electrons. The van der Waals surface area contributed by atoms with Gasteiger partial charge in [-0.25, -0.2) is 0 Å². The molecule has 0 amide bonds. The van der Waals surface area contributed by atoms with Gasteiger partial charge in [0.25, 0.3) is 0 Å². The van der Waals surface area contributed by atoms with Crippen LogP contribution in [0.3, 0.4) is 0 Å². The molecule has 8 rings (SSSR count). The van der Waals surface area contributed by atoms with Gasteiger partial charge in [0.15, 0.2) is 0 Å². The zero-order valence-corrected chi connectivity index (χ0v) is 34.3. The van der Waals surface area contributed by atoms with Gasteiger partial charge in [0.05, 0.1) is 6.04 Å². The Kier molecular flexibility index (Phi) is 8.96. The average Bonchev–Trinajstić information content (AvgIpc) is 3.52. The number of furan rings is 1. The highest BCUT2D eigenvalue weighted by Crippen LogP contribution is 2.46. The maximum Gasteiger partial charge on any atom is 0.135 e. The van der Waals surface area contributed by atoms with E-state index < -0.39 is 0 Å². The van der Waals surface area contributed by atoms with Gasteiger partial charge in [-0.05, 0) is 96.7 Å². The fourth-order valence-electron chi connectivity index (χ4n) is 8.34. The van der Waals surface area contributed by atoms with Gasteiger partial charge >= 0.3 is 0 Å². The van der Waals surface area contributed by atoms with Crippen LogP contribution in [0.1, 0.15) is 80.4 Å². The lowest BCUT2D eigenvalue weighted by molar-refractivity contribution is 0.494. The summed E-state index contributed by atoms with van der Waals surface area (Å²) in [4.78, 5) is 2.58. The largest absolute Gasteiger partial charge is 0.456 e. The van der Waals surface area contributed by atoms with Crippen LogP contribution in [0.4, 0.5) is 11.4 Å². The minimum absolute atomic E-state index is 0.0173. The van der Waals surface area contributed by atoms with Gasteiger partial charge in [-0.1, -0.05) is 178 Å². The van der Waals surface area contributed by atoms with Gasteiger partial charge in [-0.3, -0.25) is 0 Å². The molecule has 0 bridgehead atoms. The minimum Gasteiger partial charge on any atom is -0.456 e. The highest BCUT2D eigenvalue weighted by molar-refractivity contribution is 6.09. The van der Waals surface area contributed by atoms with E-state index in [1.807, 2.05) is 6.07 Å². The lowest BCUT2D eigenvalue weighted by Crippen LogP contribution is -2.36. The molecule has 278 valence electrons. The van der Waals surface area contributed by atoms with Crippen molar-refractivity contribution in [3.8, 4) is 22.3 Å². The molecule has 2 atom stereocenters. The number of nitrogens with zero attached hydrogens (tertiary/aromatic N) is 1. The van der Waals surface area contributed by atoms with Crippen molar-refractivity contribution in [2.45, 2.75) is 86.1 Å². The maximum atomic E-state index is 6.32. The molecule has 7 aromatic rings. The molecule has 1 heterocycles. The predicted molar refractivity (Wildman–Crippen MR) is 238 cm³/mol. The molecule has 1 aliphatic carbocycles. The molecule has 0 saturated carbocycles. The monoisotopic (exact) mass is 721 g/mol. The van der Waals surface area contributed by atoms with Crippen LogP contribution in [-0.4, -0.2) is 6.04 Å². The Bertz CT molecular complexity index is 2590. The molecule has 1 aromatic heterocycles. The van der Waals surface area contributed by atoms with Crippen LogP contribution in [0, 0.1) is 11.3 Å². The molecule has 0 N–H and O–H groups in total. The second kappa shape index (κ2) is 13.4. The third kappa shape index (κ3) is 6.82. The van der Waals surface area contributed by atoms with Gasteiger partial charge in [0, 0.05) is 27.7 Å². The summed E-state index contributed by atoms with van der Waals surface area (Å²) in [5.41, 5.74) is 13.4. The SMILES string of the molecule is CC1C=C(C(C)(C)C)C=CC1N(c1ccc2oc3ccccc3c2c1)c1ccccc1-c1cccc2cccc(-c3cc(C(C)(C)C)cc(C(C)(C)C)c3)c12. The highest BCUT2D eigenvalue weighted by Gasteiger charge is 2.31. The molecule has 2 nitrogen and oxygen atoms in total. The molecule has 6 aromatic carbocycles. The van der Waals surface area contributed by atoms with E-state index in [0.717, 1.165) is 27.6 Å². The van der Waals surface area contributed by atoms with E-state index >= 15 is 0 Å². The molecule has 0 aliphatic heterocycles. The summed E-state index contributed by atoms with van der Waals surface area (Å²) in [5, 5.41) is 4.79. The Morgan fingerprint density at radius 3 is 1.84 bits per heavy atom. The Labute approximate surface area is 328 Å². The molecule has 0 fully saturated rings. The predicted octanol–water partition coefficient (Wildman–Crippen LogP) is 15.4. The lowest BCUT2D eigenvalue weighted by Gasteiger charge is -2.39. The summed E-state index contributed by atoms with van der Waals surface area (Å²) in [6.07, 6.45) is 7.27. The van der Waals surface area contributed by atoms with Crippen molar-refractivity contribution in [2.75, 3.05) is 4.90 Å². The number of allylic oxidation sites excluding steroid dienone is 2. The highest BCUT2D eigenvalue weighted by atomic mass is 16.3. The molecular formula is C53H55NO. The molecule has 1 aliphatic rings. The number of benzene rings is 6. The number of hydrogen-bond donors (Lipinski definition) is 0. The molecular weight excluding hydrogens is 667 g/mol. The van der Waals surface area contributed by atoms with Crippen molar-refractivity contribution in [1.29, 1.82) is 0 Å². The summed E-state index contributed by atoms with van der Waals surface area (Å²) in [6, 6.07) is 45.1. The fourth-order valence-corrected chi connectivity index (χ4v) is 8.34. The van der Waals surface area contributed by atoms with Crippen molar-refractivity contribution < 1.29 is 4.42 Å². The maximum absolute atomic E-state index is 6.32. The van der Waals surface area contributed by atoms with E-state index in [1.54, 1.807) is 0 Å². The van der Waals surface area contributed by atoms with Gasteiger partial charge in [0.2, 0.25) is 0 Å². The summed E-state index contributed by atoms with van der Waals surface area (Å²) < 4.78 is 6.32. The Balaban J connectivity index is 1.38. The first-order valence-corrected chi connectivity index (χ1v) is 20.0. The first-order chi connectivity index (χ1) is 26.1. The summed E-state index contributed by atoms with van der Waals surface area (Å²) in [5.74, 6) is 0.267. The van der Waals surface area contributed by atoms with Gasteiger partial charge in [-0.2, -0.15) is 0 Å². The third-order valence-electron chi connectivity index (χ3n) is 11.6. The normalized spacial score (nSPS) is 16.6. The molecule has 2 unspecified atom stereocenters. The Morgan fingerprint density at radius 2 is 1.16 bits per heavy atom. The van der Waals surface area contributed by atoms with E-state index in [0.29, 0.717) is 0 Å². The number of para-hydroxylation sites is 2. The van der Waals surface area contributed by atoms with Crippen molar-refractivity contribution in [1.82, 2.24) is 0 Å². The summed E-state index contributed by atoms with van der Waals surface area (Å²) in [6.45, 7) is 23.2. The number of anilines is 2. The zero-order valence-electron chi connectivity index (χ0n) is 34.3. The zero-order chi connectivity index (χ0) is 38.9. The third-order valence-corrected chi connectivity index (χ3v) is 11.6.